The van der Waals surface area contributed by atoms with Crippen molar-refractivity contribution in [1.29, 1.82) is 0 Å². The van der Waals surface area contributed by atoms with E-state index in [1.54, 1.807) is 11.0 Å². The SMILES string of the molecule is CCN(C(=O)c1cc(NC2CCCC2)ncn1)C1CCS(=O)(=O)C1. The fourth-order valence-corrected chi connectivity index (χ4v) is 5.30. The van der Waals surface area contributed by atoms with E-state index in [0.717, 1.165) is 12.8 Å². The van der Waals surface area contributed by atoms with Crippen LogP contribution in [0, 0.1) is 0 Å². The monoisotopic (exact) mass is 352 g/mol. The summed E-state index contributed by atoms with van der Waals surface area (Å²) in [5, 5.41) is 3.36. The van der Waals surface area contributed by atoms with Crippen LogP contribution in [-0.2, 0) is 9.84 Å². The van der Waals surface area contributed by atoms with E-state index in [4.69, 9.17) is 0 Å². The molecule has 1 N–H and O–H groups in total. The summed E-state index contributed by atoms with van der Waals surface area (Å²) in [4.78, 5) is 22.7. The van der Waals surface area contributed by atoms with Crippen molar-refractivity contribution in [2.75, 3.05) is 23.4 Å². The fraction of sp³-hybridized carbons (Fsp3) is 0.688. The highest BCUT2D eigenvalue weighted by Gasteiger charge is 2.34. The highest BCUT2D eigenvalue weighted by molar-refractivity contribution is 7.91. The number of anilines is 1. The maximum absolute atomic E-state index is 12.8. The Morgan fingerprint density at radius 3 is 2.67 bits per heavy atom. The zero-order valence-electron chi connectivity index (χ0n) is 13.9. The van der Waals surface area contributed by atoms with Crippen LogP contribution in [0.2, 0.25) is 0 Å². The fourth-order valence-electron chi connectivity index (χ4n) is 3.57. The van der Waals surface area contributed by atoms with Crippen LogP contribution in [0.25, 0.3) is 0 Å². The van der Waals surface area contributed by atoms with Gasteiger partial charge in [-0.05, 0) is 26.2 Å². The molecule has 1 amide bonds. The van der Waals surface area contributed by atoms with Gasteiger partial charge in [-0.3, -0.25) is 4.79 Å². The molecule has 3 rings (SSSR count). The maximum Gasteiger partial charge on any atom is 0.272 e. The van der Waals surface area contributed by atoms with Crippen molar-refractivity contribution < 1.29 is 13.2 Å². The molecule has 1 saturated heterocycles. The topological polar surface area (TPSA) is 92.3 Å². The van der Waals surface area contributed by atoms with Crippen LogP contribution in [0.15, 0.2) is 12.4 Å². The van der Waals surface area contributed by atoms with E-state index in [1.165, 1.54) is 19.2 Å². The minimum atomic E-state index is -3.03. The highest BCUT2D eigenvalue weighted by Crippen LogP contribution is 2.22. The van der Waals surface area contributed by atoms with E-state index >= 15 is 0 Å². The van der Waals surface area contributed by atoms with E-state index < -0.39 is 9.84 Å². The van der Waals surface area contributed by atoms with Crippen LogP contribution in [0.4, 0.5) is 5.82 Å². The summed E-state index contributed by atoms with van der Waals surface area (Å²) in [5.41, 5.74) is 0.316. The van der Waals surface area contributed by atoms with Gasteiger partial charge in [0, 0.05) is 24.7 Å². The second-order valence-electron chi connectivity index (χ2n) is 6.56. The number of carbonyl (C=O) groups is 1. The molecule has 1 unspecified atom stereocenters. The first kappa shape index (κ1) is 17.1. The molecule has 1 saturated carbocycles. The van der Waals surface area contributed by atoms with E-state index in [9.17, 15) is 13.2 Å². The summed E-state index contributed by atoms with van der Waals surface area (Å²) in [5.74, 6) is 0.636. The molecule has 132 valence electrons. The average Bonchev–Trinajstić information content (AvgIpc) is 3.18. The largest absolute Gasteiger partial charge is 0.367 e. The molecule has 7 nitrogen and oxygen atoms in total. The Labute approximate surface area is 142 Å². The summed E-state index contributed by atoms with van der Waals surface area (Å²) in [6.45, 7) is 2.33. The normalized spacial score (nSPS) is 23.3. The molecular weight excluding hydrogens is 328 g/mol. The third kappa shape index (κ3) is 3.85. The maximum atomic E-state index is 12.8. The quantitative estimate of drug-likeness (QED) is 0.863. The van der Waals surface area contributed by atoms with E-state index in [1.807, 2.05) is 6.92 Å². The van der Waals surface area contributed by atoms with Gasteiger partial charge in [0.1, 0.15) is 17.8 Å². The lowest BCUT2D eigenvalue weighted by Crippen LogP contribution is -2.41. The lowest BCUT2D eigenvalue weighted by Gasteiger charge is -2.26. The molecule has 1 aliphatic carbocycles. The summed E-state index contributed by atoms with van der Waals surface area (Å²) in [6.07, 6.45) is 6.56. The van der Waals surface area contributed by atoms with Crippen molar-refractivity contribution >= 4 is 21.6 Å². The predicted molar refractivity (Wildman–Crippen MR) is 91.7 cm³/mol. The molecule has 8 heteroatoms. The van der Waals surface area contributed by atoms with E-state index in [2.05, 4.69) is 15.3 Å². The van der Waals surface area contributed by atoms with Crippen LogP contribution in [0.3, 0.4) is 0 Å². The van der Waals surface area contributed by atoms with Crippen LogP contribution < -0.4 is 5.32 Å². The molecule has 0 aromatic carbocycles. The van der Waals surface area contributed by atoms with Gasteiger partial charge >= 0.3 is 0 Å². The number of carbonyl (C=O) groups excluding carboxylic acids is 1. The number of aromatic nitrogens is 2. The predicted octanol–water partition coefficient (Wildman–Crippen LogP) is 1.48. The van der Waals surface area contributed by atoms with Gasteiger partial charge in [-0.25, -0.2) is 18.4 Å². The number of nitrogens with zero attached hydrogens (tertiary/aromatic N) is 3. The number of amides is 1. The second kappa shape index (κ2) is 7.04. The Morgan fingerprint density at radius 1 is 1.29 bits per heavy atom. The first-order valence-corrected chi connectivity index (χ1v) is 10.4. The first-order chi connectivity index (χ1) is 11.5. The zero-order chi connectivity index (χ0) is 17.2. The minimum absolute atomic E-state index is 0.0465. The van der Waals surface area contributed by atoms with Crippen molar-refractivity contribution in [3.63, 3.8) is 0 Å². The second-order valence-corrected chi connectivity index (χ2v) is 8.79. The van der Waals surface area contributed by atoms with Gasteiger partial charge in [-0.1, -0.05) is 12.8 Å². The first-order valence-electron chi connectivity index (χ1n) is 8.58. The van der Waals surface area contributed by atoms with Crippen molar-refractivity contribution in [3.05, 3.63) is 18.1 Å². The van der Waals surface area contributed by atoms with Gasteiger partial charge in [0.05, 0.1) is 11.5 Å². The molecular formula is C16H24N4O3S. The Balaban J connectivity index is 1.73. The Kier molecular flexibility index (Phi) is 5.03. The van der Waals surface area contributed by atoms with Crippen LogP contribution in [0.1, 0.15) is 49.5 Å². The van der Waals surface area contributed by atoms with Crippen molar-refractivity contribution in [2.24, 2.45) is 0 Å². The third-order valence-corrected chi connectivity index (χ3v) is 6.59. The Bertz CT molecular complexity index is 701. The summed E-state index contributed by atoms with van der Waals surface area (Å²) >= 11 is 0. The van der Waals surface area contributed by atoms with Crippen LogP contribution >= 0.6 is 0 Å². The number of hydrogen-bond donors (Lipinski definition) is 1. The summed E-state index contributed by atoms with van der Waals surface area (Å²) < 4.78 is 23.4. The Morgan fingerprint density at radius 2 is 2.04 bits per heavy atom. The van der Waals surface area contributed by atoms with E-state index in [0.29, 0.717) is 30.5 Å². The molecule has 0 spiro atoms. The lowest BCUT2D eigenvalue weighted by molar-refractivity contribution is 0.0702. The van der Waals surface area contributed by atoms with Crippen molar-refractivity contribution in [1.82, 2.24) is 14.9 Å². The summed E-state index contributed by atoms with van der Waals surface area (Å²) in [6, 6.07) is 1.83. The standard InChI is InChI=1S/C16H24N4O3S/c1-2-20(13-7-8-24(22,23)10-13)16(21)14-9-15(18-11-17-14)19-12-5-3-4-6-12/h9,11-13H,2-8,10H2,1H3,(H,17,18,19). The molecule has 1 aromatic heterocycles. The molecule has 1 aromatic rings. The molecule has 2 heterocycles. The van der Waals surface area contributed by atoms with Crippen molar-refractivity contribution in [2.45, 2.75) is 51.1 Å². The smallest absolute Gasteiger partial charge is 0.272 e. The summed E-state index contributed by atoms with van der Waals surface area (Å²) in [7, 11) is -3.03. The number of sulfone groups is 1. The van der Waals surface area contributed by atoms with Gasteiger partial charge in [-0.2, -0.15) is 0 Å². The van der Waals surface area contributed by atoms with Crippen molar-refractivity contribution in [3.8, 4) is 0 Å². The zero-order valence-corrected chi connectivity index (χ0v) is 14.8. The van der Waals surface area contributed by atoms with E-state index in [-0.39, 0.29) is 23.5 Å². The molecule has 0 radical (unpaired) electrons. The lowest BCUT2D eigenvalue weighted by atomic mass is 10.2. The molecule has 2 aliphatic rings. The molecule has 1 atom stereocenters. The third-order valence-electron chi connectivity index (χ3n) is 4.84. The number of rotatable bonds is 5. The van der Waals surface area contributed by atoms with Gasteiger partial charge in [0.2, 0.25) is 0 Å². The van der Waals surface area contributed by atoms with Gasteiger partial charge in [0.25, 0.3) is 5.91 Å². The van der Waals surface area contributed by atoms with Gasteiger partial charge < -0.3 is 10.2 Å². The average molecular weight is 352 g/mol. The number of hydrogen-bond acceptors (Lipinski definition) is 6. The van der Waals surface area contributed by atoms with Gasteiger partial charge in [0.15, 0.2) is 9.84 Å². The highest BCUT2D eigenvalue weighted by atomic mass is 32.2. The molecule has 24 heavy (non-hydrogen) atoms. The van der Waals surface area contributed by atoms with Gasteiger partial charge in [-0.15, -0.1) is 0 Å². The van der Waals surface area contributed by atoms with Crippen LogP contribution in [-0.4, -0.2) is 59.3 Å². The number of nitrogens with one attached hydrogen (secondary N) is 1. The molecule has 2 fully saturated rings. The minimum Gasteiger partial charge on any atom is -0.367 e. The molecule has 0 bridgehead atoms. The van der Waals surface area contributed by atoms with Crippen LogP contribution in [0.5, 0.6) is 0 Å². The molecule has 1 aliphatic heterocycles. The Hall–Kier alpha value is -1.70.